The van der Waals surface area contributed by atoms with Crippen LogP contribution >= 0.6 is 0 Å². The zero-order chi connectivity index (χ0) is 20.6. The molecule has 2 amide bonds. The summed E-state index contributed by atoms with van der Waals surface area (Å²) in [6, 6.07) is 12.9. The van der Waals surface area contributed by atoms with Gasteiger partial charge in [0.05, 0.1) is 18.6 Å². The number of alkyl halides is 3. The number of esters is 1. The summed E-state index contributed by atoms with van der Waals surface area (Å²) in [7, 11) is 0. The van der Waals surface area contributed by atoms with Crippen molar-refractivity contribution in [2.75, 3.05) is 18.5 Å². The summed E-state index contributed by atoms with van der Waals surface area (Å²) in [6.07, 6.45) is -4.52. The summed E-state index contributed by atoms with van der Waals surface area (Å²) in [6.45, 7) is 2.18. The molecule has 1 N–H and O–H groups in total. The van der Waals surface area contributed by atoms with Gasteiger partial charge >= 0.3 is 18.2 Å². The van der Waals surface area contributed by atoms with Gasteiger partial charge in [-0.15, -0.1) is 0 Å². The van der Waals surface area contributed by atoms with Crippen LogP contribution in [0, 0.1) is 0 Å². The van der Waals surface area contributed by atoms with Gasteiger partial charge < -0.3 is 15.0 Å². The number of benzene rings is 2. The van der Waals surface area contributed by atoms with Crippen LogP contribution in [0.25, 0.3) is 0 Å². The van der Waals surface area contributed by atoms with Crippen molar-refractivity contribution in [3.63, 3.8) is 0 Å². The molecule has 0 heterocycles. The van der Waals surface area contributed by atoms with E-state index in [1.54, 1.807) is 6.92 Å². The number of ether oxygens (including phenoxy) is 1. The quantitative estimate of drug-likeness (QED) is 0.693. The van der Waals surface area contributed by atoms with Gasteiger partial charge in [-0.25, -0.2) is 4.79 Å². The highest BCUT2D eigenvalue weighted by molar-refractivity contribution is 5.89. The molecule has 0 saturated heterocycles. The van der Waals surface area contributed by atoms with E-state index in [9.17, 15) is 22.8 Å². The molecule has 0 bridgehead atoms. The molecule has 2 rings (SSSR count). The van der Waals surface area contributed by atoms with Gasteiger partial charge in [-0.3, -0.25) is 4.79 Å². The van der Waals surface area contributed by atoms with Crippen LogP contribution < -0.4 is 5.32 Å². The van der Waals surface area contributed by atoms with Gasteiger partial charge in [-0.05, 0) is 30.7 Å². The number of hydrogen-bond donors (Lipinski definition) is 1. The molecule has 2 aromatic rings. The predicted molar refractivity (Wildman–Crippen MR) is 98.6 cm³/mol. The van der Waals surface area contributed by atoms with Crippen LogP contribution in [-0.2, 0) is 22.3 Å². The SMILES string of the molecule is CCOC(=O)CCN(Cc1ccccc1)C(=O)Nc1cccc(C(F)(F)F)c1. The lowest BCUT2D eigenvalue weighted by Gasteiger charge is -2.23. The molecule has 0 aliphatic heterocycles. The average molecular weight is 394 g/mol. The molecule has 0 aliphatic rings. The predicted octanol–water partition coefficient (Wildman–Crippen LogP) is 4.69. The number of nitrogens with zero attached hydrogens (tertiary/aromatic N) is 1. The number of hydrogen-bond acceptors (Lipinski definition) is 3. The minimum Gasteiger partial charge on any atom is -0.466 e. The van der Waals surface area contributed by atoms with E-state index < -0.39 is 23.7 Å². The Kier molecular flexibility index (Phi) is 7.43. The maximum Gasteiger partial charge on any atom is 0.416 e. The second-order valence-corrected chi connectivity index (χ2v) is 5.97. The molecule has 0 unspecified atom stereocenters. The summed E-state index contributed by atoms with van der Waals surface area (Å²) in [5.41, 5.74) is -0.00833. The third-order valence-electron chi connectivity index (χ3n) is 3.84. The zero-order valence-corrected chi connectivity index (χ0v) is 15.3. The molecule has 28 heavy (non-hydrogen) atoms. The van der Waals surface area contributed by atoms with Gasteiger partial charge in [0.15, 0.2) is 0 Å². The van der Waals surface area contributed by atoms with E-state index in [2.05, 4.69) is 5.32 Å². The zero-order valence-electron chi connectivity index (χ0n) is 15.3. The number of amides is 2. The van der Waals surface area contributed by atoms with Crippen molar-refractivity contribution in [3.05, 3.63) is 65.7 Å². The first-order valence-electron chi connectivity index (χ1n) is 8.72. The Morgan fingerprint density at radius 1 is 1.07 bits per heavy atom. The topological polar surface area (TPSA) is 58.6 Å². The number of carbonyl (C=O) groups excluding carboxylic acids is 2. The first kappa shape index (κ1) is 21.3. The number of carbonyl (C=O) groups is 2. The van der Waals surface area contributed by atoms with Gasteiger partial charge in [0.2, 0.25) is 0 Å². The lowest BCUT2D eigenvalue weighted by molar-refractivity contribution is -0.143. The highest BCUT2D eigenvalue weighted by Gasteiger charge is 2.30. The molecule has 0 atom stereocenters. The summed E-state index contributed by atoms with van der Waals surface area (Å²) in [5.74, 6) is -0.451. The lowest BCUT2D eigenvalue weighted by atomic mass is 10.2. The average Bonchev–Trinajstić information content (AvgIpc) is 2.65. The Bertz CT molecular complexity index is 795. The monoisotopic (exact) mass is 394 g/mol. The van der Waals surface area contributed by atoms with Crippen molar-refractivity contribution < 1.29 is 27.5 Å². The molecule has 0 fully saturated rings. The van der Waals surface area contributed by atoms with Crippen LogP contribution in [0.1, 0.15) is 24.5 Å². The molecule has 0 spiro atoms. The number of nitrogens with one attached hydrogen (secondary N) is 1. The summed E-state index contributed by atoms with van der Waals surface area (Å²) in [5, 5.41) is 2.47. The third kappa shape index (κ3) is 6.61. The number of urea groups is 1. The Morgan fingerprint density at radius 3 is 2.43 bits per heavy atom. The minimum atomic E-state index is -4.51. The molecular formula is C20H21F3N2O3. The molecule has 8 heteroatoms. The van der Waals surface area contributed by atoms with Crippen molar-refractivity contribution in [2.45, 2.75) is 26.1 Å². The van der Waals surface area contributed by atoms with Gasteiger partial charge in [-0.2, -0.15) is 13.2 Å². The van der Waals surface area contributed by atoms with Crippen LogP contribution in [0.3, 0.4) is 0 Å². The fourth-order valence-corrected chi connectivity index (χ4v) is 2.49. The standard InChI is InChI=1S/C20H21F3N2O3/c1-2-28-18(26)11-12-25(14-15-7-4-3-5-8-15)19(27)24-17-10-6-9-16(13-17)20(21,22)23/h3-10,13H,2,11-12,14H2,1H3,(H,24,27). The molecule has 0 aliphatic carbocycles. The van der Waals surface area contributed by atoms with Crippen LogP contribution in [0.15, 0.2) is 54.6 Å². The van der Waals surface area contributed by atoms with E-state index >= 15 is 0 Å². The van der Waals surface area contributed by atoms with Crippen molar-refractivity contribution in [2.24, 2.45) is 0 Å². The number of rotatable bonds is 7. The minimum absolute atomic E-state index is 0.0172. The third-order valence-corrected chi connectivity index (χ3v) is 3.84. The van der Waals surface area contributed by atoms with E-state index in [0.29, 0.717) is 0 Å². The second-order valence-electron chi connectivity index (χ2n) is 5.97. The first-order chi connectivity index (χ1) is 13.3. The molecule has 2 aromatic carbocycles. The summed E-state index contributed by atoms with van der Waals surface area (Å²) >= 11 is 0. The van der Waals surface area contributed by atoms with E-state index in [4.69, 9.17) is 4.74 Å². The van der Waals surface area contributed by atoms with Crippen LogP contribution in [-0.4, -0.2) is 30.1 Å². The van der Waals surface area contributed by atoms with E-state index in [1.165, 1.54) is 17.0 Å². The van der Waals surface area contributed by atoms with Crippen LogP contribution in [0.4, 0.5) is 23.7 Å². The first-order valence-corrected chi connectivity index (χ1v) is 8.72. The van der Waals surface area contributed by atoms with Gasteiger partial charge in [0.1, 0.15) is 0 Å². The largest absolute Gasteiger partial charge is 0.466 e. The van der Waals surface area contributed by atoms with Crippen LogP contribution in [0.5, 0.6) is 0 Å². The molecule has 0 aromatic heterocycles. The second kappa shape index (κ2) is 9.77. The molecular weight excluding hydrogens is 373 g/mol. The lowest BCUT2D eigenvalue weighted by Crippen LogP contribution is -2.36. The van der Waals surface area contributed by atoms with E-state index in [1.807, 2.05) is 30.3 Å². The molecule has 0 radical (unpaired) electrons. The van der Waals surface area contributed by atoms with Crippen molar-refractivity contribution in [1.82, 2.24) is 4.90 Å². The van der Waals surface area contributed by atoms with Crippen molar-refractivity contribution in [1.29, 1.82) is 0 Å². The number of halogens is 3. The van der Waals surface area contributed by atoms with Crippen molar-refractivity contribution in [3.8, 4) is 0 Å². The van der Waals surface area contributed by atoms with E-state index in [-0.39, 0.29) is 31.8 Å². The van der Waals surface area contributed by atoms with Crippen molar-refractivity contribution >= 4 is 17.7 Å². The van der Waals surface area contributed by atoms with Gasteiger partial charge in [0.25, 0.3) is 0 Å². The Morgan fingerprint density at radius 2 is 1.79 bits per heavy atom. The normalized spacial score (nSPS) is 11.0. The van der Waals surface area contributed by atoms with Crippen LogP contribution in [0.2, 0.25) is 0 Å². The van der Waals surface area contributed by atoms with Gasteiger partial charge in [-0.1, -0.05) is 36.4 Å². The molecule has 5 nitrogen and oxygen atoms in total. The maximum absolute atomic E-state index is 12.9. The Balaban J connectivity index is 2.12. The van der Waals surface area contributed by atoms with E-state index in [0.717, 1.165) is 17.7 Å². The highest BCUT2D eigenvalue weighted by Crippen LogP contribution is 2.30. The summed E-state index contributed by atoms with van der Waals surface area (Å²) in [4.78, 5) is 25.6. The Labute approximate surface area is 161 Å². The highest BCUT2D eigenvalue weighted by atomic mass is 19.4. The number of anilines is 1. The fourth-order valence-electron chi connectivity index (χ4n) is 2.49. The maximum atomic E-state index is 12.9. The van der Waals surface area contributed by atoms with Gasteiger partial charge in [0, 0.05) is 18.8 Å². The Hall–Kier alpha value is -3.03. The smallest absolute Gasteiger partial charge is 0.416 e. The molecule has 0 saturated carbocycles. The fraction of sp³-hybridized carbons (Fsp3) is 0.300. The molecule has 150 valence electrons. The summed E-state index contributed by atoms with van der Waals surface area (Å²) < 4.78 is 43.4.